The van der Waals surface area contributed by atoms with Crippen LogP contribution in [0.5, 0.6) is 5.75 Å². The summed E-state index contributed by atoms with van der Waals surface area (Å²) in [5, 5.41) is 6.20. The lowest BCUT2D eigenvalue weighted by Crippen LogP contribution is -2.31. The summed E-state index contributed by atoms with van der Waals surface area (Å²) in [4.78, 5) is 27.9. The third kappa shape index (κ3) is 5.86. The Kier molecular flexibility index (Phi) is 6.51. The topological polar surface area (TPSA) is 104 Å². The van der Waals surface area contributed by atoms with Crippen molar-refractivity contribution in [3.05, 3.63) is 77.2 Å². The Bertz CT molecular complexity index is 988. The van der Waals surface area contributed by atoms with Crippen LogP contribution < -0.4 is 10.1 Å². The smallest absolute Gasteiger partial charge is 0.325 e. The standard InChI is InChI=1S/C20H18FN3O5/c1-13-4-2-3-5-16(13)20(26)22-10-19(25)28-12-18-23-17(24-29-18)11-27-15-8-6-14(21)7-9-15/h2-9H,10-12H2,1H3,(H,22,26). The minimum absolute atomic E-state index is 0.00949. The van der Waals surface area contributed by atoms with Crippen molar-refractivity contribution in [2.45, 2.75) is 20.1 Å². The fraction of sp³-hybridized carbons (Fsp3) is 0.200. The third-order valence-electron chi connectivity index (χ3n) is 3.83. The molecule has 0 unspecified atom stereocenters. The van der Waals surface area contributed by atoms with Gasteiger partial charge in [0, 0.05) is 5.56 Å². The highest BCUT2D eigenvalue weighted by atomic mass is 19.1. The predicted molar refractivity (Wildman–Crippen MR) is 98.3 cm³/mol. The van der Waals surface area contributed by atoms with Gasteiger partial charge in [0.25, 0.3) is 11.8 Å². The van der Waals surface area contributed by atoms with Gasteiger partial charge in [0.2, 0.25) is 5.82 Å². The molecule has 0 saturated heterocycles. The van der Waals surface area contributed by atoms with E-state index in [4.69, 9.17) is 14.0 Å². The van der Waals surface area contributed by atoms with Gasteiger partial charge in [0.05, 0.1) is 0 Å². The zero-order chi connectivity index (χ0) is 20.6. The highest BCUT2D eigenvalue weighted by Crippen LogP contribution is 2.12. The number of hydrogen-bond acceptors (Lipinski definition) is 7. The number of carbonyl (C=O) groups excluding carboxylic acids is 2. The fourth-order valence-corrected chi connectivity index (χ4v) is 2.35. The van der Waals surface area contributed by atoms with Gasteiger partial charge in [0.1, 0.15) is 18.1 Å². The summed E-state index contributed by atoms with van der Waals surface area (Å²) in [6.07, 6.45) is 0. The van der Waals surface area contributed by atoms with Crippen molar-refractivity contribution in [1.29, 1.82) is 0 Å². The second-order valence-corrected chi connectivity index (χ2v) is 6.01. The van der Waals surface area contributed by atoms with Gasteiger partial charge < -0.3 is 19.3 Å². The summed E-state index contributed by atoms with van der Waals surface area (Å²) in [6.45, 7) is 1.29. The number of benzene rings is 2. The van der Waals surface area contributed by atoms with Crippen LogP contribution in [-0.2, 0) is 22.7 Å². The molecule has 3 aromatic rings. The number of aromatic nitrogens is 2. The van der Waals surface area contributed by atoms with Crippen molar-refractivity contribution in [2.75, 3.05) is 6.54 Å². The quantitative estimate of drug-likeness (QED) is 0.581. The van der Waals surface area contributed by atoms with E-state index in [0.29, 0.717) is 11.3 Å². The van der Waals surface area contributed by atoms with Crippen molar-refractivity contribution in [1.82, 2.24) is 15.5 Å². The number of ether oxygens (including phenoxy) is 2. The summed E-state index contributed by atoms with van der Waals surface area (Å²) >= 11 is 0. The Morgan fingerprint density at radius 3 is 2.62 bits per heavy atom. The monoisotopic (exact) mass is 399 g/mol. The maximum absolute atomic E-state index is 12.8. The minimum atomic E-state index is -0.644. The van der Waals surface area contributed by atoms with Crippen molar-refractivity contribution >= 4 is 11.9 Å². The van der Waals surface area contributed by atoms with Crippen LogP contribution in [0.4, 0.5) is 4.39 Å². The second kappa shape index (κ2) is 9.45. The van der Waals surface area contributed by atoms with Crippen LogP contribution in [0.2, 0.25) is 0 Å². The number of halogens is 1. The molecule has 8 nitrogen and oxygen atoms in total. The van der Waals surface area contributed by atoms with Crippen LogP contribution in [0.15, 0.2) is 53.1 Å². The molecule has 3 rings (SSSR count). The van der Waals surface area contributed by atoms with Gasteiger partial charge >= 0.3 is 5.97 Å². The Balaban J connectivity index is 1.41. The first kappa shape index (κ1) is 20.0. The van der Waals surface area contributed by atoms with E-state index in [9.17, 15) is 14.0 Å². The van der Waals surface area contributed by atoms with Gasteiger partial charge in [-0.25, -0.2) is 4.39 Å². The average Bonchev–Trinajstić information content (AvgIpc) is 3.18. The Labute approximate surface area is 165 Å². The van der Waals surface area contributed by atoms with Crippen LogP contribution in [0, 0.1) is 12.7 Å². The number of hydrogen-bond donors (Lipinski definition) is 1. The molecule has 0 spiro atoms. The minimum Gasteiger partial charge on any atom is -0.485 e. The molecule has 150 valence electrons. The molecule has 2 aromatic carbocycles. The SMILES string of the molecule is Cc1ccccc1C(=O)NCC(=O)OCc1nc(COc2ccc(F)cc2)no1. The van der Waals surface area contributed by atoms with Crippen molar-refractivity contribution < 1.29 is 28.0 Å². The van der Waals surface area contributed by atoms with Crippen LogP contribution in [-0.4, -0.2) is 28.6 Å². The molecule has 1 amide bonds. The van der Waals surface area contributed by atoms with Crippen LogP contribution >= 0.6 is 0 Å². The van der Waals surface area contributed by atoms with Crippen LogP contribution in [0.3, 0.4) is 0 Å². The van der Waals surface area contributed by atoms with Crippen molar-refractivity contribution in [3.63, 3.8) is 0 Å². The molecule has 1 heterocycles. The van der Waals surface area contributed by atoms with Gasteiger partial charge in [-0.2, -0.15) is 4.98 Å². The molecule has 1 N–H and O–H groups in total. The number of carbonyl (C=O) groups is 2. The Morgan fingerprint density at radius 1 is 1.10 bits per heavy atom. The van der Waals surface area contributed by atoms with E-state index in [1.165, 1.54) is 24.3 Å². The van der Waals surface area contributed by atoms with E-state index in [2.05, 4.69) is 15.5 Å². The molecule has 0 radical (unpaired) electrons. The first-order valence-electron chi connectivity index (χ1n) is 8.70. The lowest BCUT2D eigenvalue weighted by Gasteiger charge is -2.07. The summed E-state index contributed by atoms with van der Waals surface area (Å²) in [5.41, 5.74) is 1.29. The van der Waals surface area contributed by atoms with Crippen molar-refractivity contribution in [2.24, 2.45) is 0 Å². The summed E-state index contributed by atoms with van der Waals surface area (Å²) in [7, 11) is 0. The maximum atomic E-state index is 12.8. The molecule has 9 heteroatoms. The van der Waals surface area contributed by atoms with E-state index in [1.807, 2.05) is 6.07 Å². The number of aryl methyl sites for hydroxylation is 1. The summed E-state index contributed by atoms with van der Waals surface area (Å²) < 4.78 is 28.2. The lowest BCUT2D eigenvalue weighted by molar-refractivity contribution is -0.144. The molecular formula is C20H18FN3O5. The zero-order valence-electron chi connectivity index (χ0n) is 15.6. The molecule has 1 aromatic heterocycles. The molecule has 0 atom stereocenters. The second-order valence-electron chi connectivity index (χ2n) is 6.01. The van der Waals surface area contributed by atoms with Gasteiger partial charge in [-0.3, -0.25) is 9.59 Å². The van der Waals surface area contributed by atoms with E-state index in [-0.39, 0.29) is 43.2 Å². The number of nitrogens with one attached hydrogen (secondary N) is 1. The van der Waals surface area contributed by atoms with Gasteiger partial charge in [-0.15, -0.1) is 0 Å². The van der Waals surface area contributed by atoms with Gasteiger partial charge in [-0.05, 0) is 42.8 Å². The van der Waals surface area contributed by atoms with E-state index < -0.39 is 5.97 Å². The number of esters is 1. The first-order valence-corrected chi connectivity index (χ1v) is 8.70. The number of nitrogens with zero attached hydrogens (tertiary/aromatic N) is 2. The Morgan fingerprint density at radius 2 is 1.86 bits per heavy atom. The molecule has 0 aliphatic rings. The van der Waals surface area contributed by atoms with E-state index in [0.717, 1.165) is 5.56 Å². The molecule has 0 fully saturated rings. The Hall–Kier alpha value is -3.75. The average molecular weight is 399 g/mol. The molecule has 0 aliphatic heterocycles. The number of rotatable bonds is 8. The molecule has 0 aliphatic carbocycles. The number of amides is 1. The molecule has 0 bridgehead atoms. The highest BCUT2D eigenvalue weighted by Gasteiger charge is 2.13. The molecule has 29 heavy (non-hydrogen) atoms. The van der Waals surface area contributed by atoms with Gasteiger partial charge in [0.15, 0.2) is 13.2 Å². The molecular weight excluding hydrogens is 381 g/mol. The lowest BCUT2D eigenvalue weighted by atomic mass is 10.1. The van der Waals surface area contributed by atoms with Crippen LogP contribution in [0.25, 0.3) is 0 Å². The third-order valence-corrected chi connectivity index (χ3v) is 3.83. The van der Waals surface area contributed by atoms with Gasteiger partial charge in [-0.1, -0.05) is 23.4 Å². The van der Waals surface area contributed by atoms with Crippen molar-refractivity contribution in [3.8, 4) is 5.75 Å². The van der Waals surface area contributed by atoms with E-state index in [1.54, 1.807) is 25.1 Å². The fourth-order valence-electron chi connectivity index (χ4n) is 2.35. The normalized spacial score (nSPS) is 10.4. The van der Waals surface area contributed by atoms with E-state index >= 15 is 0 Å². The zero-order valence-corrected chi connectivity index (χ0v) is 15.6. The predicted octanol–water partition coefficient (Wildman–Crippen LogP) is 2.57. The largest absolute Gasteiger partial charge is 0.485 e. The highest BCUT2D eigenvalue weighted by molar-refractivity contribution is 5.97. The first-order chi connectivity index (χ1) is 14.0. The van der Waals surface area contributed by atoms with Crippen LogP contribution in [0.1, 0.15) is 27.6 Å². The summed E-state index contributed by atoms with van der Waals surface area (Å²) in [6, 6.07) is 12.5. The molecule has 0 saturated carbocycles. The summed E-state index contributed by atoms with van der Waals surface area (Å²) in [5.74, 6) is -0.591. The maximum Gasteiger partial charge on any atom is 0.325 e.